The molecule has 1 amide bonds. The van der Waals surface area contributed by atoms with Crippen LogP contribution in [0.5, 0.6) is 5.75 Å². The number of hydrogen-bond acceptors (Lipinski definition) is 3. The minimum absolute atomic E-state index is 0.299. The van der Waals surface area contributed by atoms with E-state index in [0.29, 0.717) is 27.8 Å². The van der Waals surface area contributed by atoms with E-state index in [2.05, 4.69) is 15.9 Å². The monoisotopic (exact) mass is 372 g/mol. The van der Waals surface area contributed by atoms with E-state index < -0.39 is 5.91 Å². The van der Waals surface area contributed by atoms with E-state index in [9.17, 15) is 9.59 Å². The van der Waals surface area contributed by atoms with Crippen LogP contribution in [-0.2, 0) is 0 Å². The molecule has 0 aliphatic heterocycles. The van der Waals surface area contributed by atoms with Gasteiger partial charge in [0.25, 0.3) is 11.8 Å². The number of fused-ring (bicyclic) bond motifs is 1. The Labute approximate surface area is 140 Å². The summed E-state index contributed by atoms with van der Waals surface area (Å²) in [5.41, 5.74) is 6.73. The van der Waals surface area contributed by atoms with Gasteiger partial charge in [-0.3, -0.25) is 14.2 Å². The van der Waals surface area contributed by atoms with Gasteiger partial charge in [-0.1, -0.05) is 34.1 Å². The first-order chi connectivity index (χ1) is 11.0. The highest BCUT2D eigenvalue weighted by molar-refractivity contribution is 9.10. The first-order valence-electron chi connectivity index (χ1n) is 6.81. The molecule has 0 atom stereocenters. The van der Waals surface area contributed by atoms with Crippen molar-refractivity contribution >= 4 is 38.6 Å². The normalized spacial score (nSPS) is 10.7. The molecular formula is C17H13BrN2O3. The molecule has 0 aliphatic rings. The molecule has 0 radical (unpaired) electrons. The Morgan fingerprint density at radius 2 is 1.87 bits per heavy atom. The molecule has 5 nitrogen and oxygen atoms in total. The number of carbonyl (C=O) groups is 2. The molecule has 0 saturated carbocycles. The van der Waals surface area contributed by atoms with Gasteiger partial charge in [0.2, 0.25) is 0 Å². The van der Waals surface area contributed by atoms with Crippen LogP contribution < -0.4 is 10.5 Å². The fourth-order valence-corrected chi connectivity index (χ4v) is 2.88. The fraction of sp³-hybridized carbons (Fsp3) is 0.0588. The Morgan fingerprint density at radius 3 is 2.57 bits per heavy atom. The van der Waals surface area contributed by atoms with E-state index >= 15 is 0 Å². The predicted octanol–water partition coefficient (Wildman–Crippen LogP) is 3.20. The molecule has 1 heterocycles. The van der Waals surface area contributed by atoms with E-state index in [1.54, 1.807) is 42.5 Å². The molecular weight excluding hydrogens is 360 g/mol. The summed E-state index contributed by atoms with van der Waals surface area (Å²) in [6, 6.07) is 12.3. The third-order valence-corrected chi connectivity index (χ3v) is 4.08. The summed E-state index contributed by atoms with van der Waals surface area (Å²) >= 11 is 3.35. The van der Waals surface area contributed by atoms with Crippen LogP contribution in [0.25, 0.3) is 10.9 Å². The average molecular weight is 373 g/mol. The SMILES string of the molecule is COc1ccc(Br)cc1C(=O)n1cc(C(N)=O)c2ccccc21. The highest BCUT2D eigenvalue weighted by Gasteiger charge is 2.20. The first-order valence-corrected chi connectivity index (χ1v) is 7.60. The average Bonchev–Trinajstić information content (AvgIpc) is 2.94. The minimum Gasteiger partial charge on any atom is -0.496 e. The van der Waals surface area contributed by atoms with Gasteiger partial charge in [-0.15, -0.1) is 0 Å². The van der Waals surface area contributed by atoms with Gasteiger partial charge in [-0.2, -0.15) is 0 Å². The van der Waals surface area contributed by atoms with Gasteiger partial charge < -0.3 is 10.5 Å². The van der Waals surface area contributed by atoms with Crippen molar-refractivity contribution in [3.8, 4) is 5.75 Å². The lowest BCUT2D eigenvalue weighted by atomic mass is 10.1. The predicted molar refractivity (Wildman–Crippen MR) is 90.9 cm³/mol. The minimum atomic E-state index is -0.575. The fourth-order valence-electron chi connectivity index (χ4n) is 2.52. The number of halogens is 1. The van der Waals surface area contributed by atoms with Crippen molar-refractivity contribution in [2.24, 2.45) is 5.73 Å². The molecule has 2 N–H and O–H groups in total. The van der Waals surface area contributed by atoms with Gasteiger partial charge >= 0.3 is 0 Å². The van der Waals surface area contributed by atoms with Crippen molar-refractivity contribution < 1.29 is 14.3 Å². The van der Waals surface area contributed by atoms with E-state index in [0.717, 1.165) is 4.47 Å². The molecule has 0 unspecified atom stereocenters. The summed E-state index contributed by atoms with van der Waals surface area (Å²) in [4.78, 5) is 24.6. The number of hydrogen-bond donors (Lipinski definition) is 1. The maximum atomic E-state index is 12.9. The van der Waals surface area contributed by atoms with Gasteiger partial charge in [0.05, 0.1) is 23.8 Å². The first kappa shape index (κ1) is 15.3. The largest absolute Gasteiger partial charge is 0.496 e. The Hall–Kier alpha value is -2.60. The van der Waals surface area contributed by atoms with Crippen molar-refractivity contribution in [1.82, 2.24) is 4.57 Å². The topological polar surface area (TPSA) is 74.3 Å². The van der Waals surface area contributed by atoms with E-state index in [1.165, 1.54) is 17.9 Å². The summed E-state index contributed by atoms with van der Waals surface area (Å²) in [7, 11) is 1.50. The number of benzene rings is 2. The molecule has 0 saturated heterocycles. The third-order valence-electron chi connectivity index (χ3n) is 3.59. The Kier molecular flexibility index (Phi) is 3.92. The van der Waals surface area contributed by atoms with Gasteiger partial charge in [0, 0.05) is 16.1 Å². The van der Waals surface area contributed by atoms with Gasteiger partial charge in [-0.25, -0.2) is 0 Å². The molecule has 2 aromatic carbocycles. The highest BCUT2D eigenvalue weighted by Crippen LogP contribution is 2.27. The van der Waals surface area contributed by atoms with Crippen molar-refractivity contribution in [1.29, 1.82) is 0 Å². The van der Waals surface area contributed by atoms with Gasteiger partial charge in [0.1, 0.15) is 5.75 Å². The number of ether oxygens (including phenoxy) is 1. The number of nitrogens with zero attached hydrogens (tertiary/aromatic N) is 1. The van der Waals surface area contributed by atoms with Crippen molar-refractivity contribution in [2.75, 3.05) is 7.11 Å². The molecule has 116 valence electrons. The standard InChI is InChI=1S/C17H13BrN2O3/c1-23-15-7-6-10(18)8-12(15)17(22)20-9-13(16(19)21)11-4-2-3-5-14(11)20/h2-9H,1H3,(H2,19,21). The van der Waals surface area contributed by atoms with E-state index in [-0.39, 0.29) is 5.91 Å². The molecule has 3 rings (SSSR count). The van der Waals surface area contributed by atoms with Crippen LogP contribution in [0.1, 0.15) is 20.7 Å². The molecule has 1 aromatic heterocycles. The lowest BCUT2D eigenvalue weighted by molar-refractivity contribution is 0.0962. The Balaban J connectivity index is 2.23. The van der Waals surface area contributed by atoms with E-state index in [4.69, 9.17) is 10.5 Å². The van der Waals surface area contributed by atoms with Crippen LogP contribution >= 0.6 is 15.9 Å². The van der Waals surface area contributed by atoms with Gasteiger partial charge in [-0.05, 0) is 24.3 Å². The lowest BCUT2D eigenvalue weighted by Gasteiger charge is -2.09. The zero-order valence-corrected chi connectivity index (χ0v) is 13.8. The molecule has 23 heavy (non-hydrogen) atoms. The van der Waals surface area contributed by atoms with Crippen molar-refractivity contribution in [3.63, 3.8) is 0 Å². The molecule has 0 bridgehead atoms. The summed E-state index contributed by atoms with van der Waals surface area (Å²) < 4.78 is 7.44. The quantitative estimate of drug-likeness (QED) is 0.766. The lowest BCUT2D eigenvalue weighted by Crippen LogP contribution is -2.13. The van der Waals surface area contributed by atoms with Crippen LogP contribution in [0.3, 0.4) is 0 Å². The zero-order chi connectivity index (χ0) is 16.6. The second kappa shape index (κ2) is 5.89. The Bertz CT molecular complexity index is 931. The summed E-state index contributed by atoms with van der Waals surface area (Å²) in [6.45, 7) is 0. The number of nitrogens with two attached hydrogens (primary N) is 1. The second-order valence-corrected chi connectivity index (χ2v) is 5.86. The smallest absolute Gasteiger partial charge is 0.266 e. The van der Waals surface area contributed by atoms with E-state index in [1.807, 2.05) is 0 Å². The number of amides is 1. The third kappa shape index (κ3) is 2.61. The molecule has 0 fully saturated rings. The number of para-hydroxylation sites is 1. The maximum Gasteiger partial charge on any atom is 0.266 e. The molecule has 6 heteroatoms. The molecule has 3 aromatic rings. The Morgan fingerprint density at radius 1 is 1.13 bits per heavy atom. The summed E-state index contributed by atoms with van der Waals surface area (Å²) in [5.74, 6) is -0.419. The molecule has 0 aliphatic carbocycles. The summed E-state index contributed by atoms with van der Waals surface area (Å²) in [5, 5.41) is 0.641. The summed E-state index contributed by atoms with van der Waals surface area (Å²) in [6.07, 6.45) is 1.47. The number of rotatable bonds is 3. The molecule has 0 spiro atoms. The van der Waals surface area contributed by atoms with Gasteiger partial charge in [0.15, 0.2) is 0 Å². The van der Waals surface area contributed by atoms with Crippen LogP contribution in [0.4, 0.5) is 0 Å². The van der Waals surface area contributed by atoms with Crippen LogP contribution in [0, 0.1) is 0 Å². The second-order valence-electron chi connectivity index (χ2n) is 4.94. The zero-order valence-electron chi connectivity index (χ0n) is 12.2. The van der Waals surface area contributed by atoms with Crippen molar-refractivity contribution in [3.05, 3.63) is 64.3 Å². The number of methoxy groups -OCH3 is 1. The number of carbonyl (C=O) groups excluding carboxylic acids is 2. The van der Waals surface area contributed by atoms with Crippen molar-refractivity contribution in [2.45, 2.75) is 0 Å². The number of aromatic nitrogens is 1. The van der Waals surface area contributed by atoms with Crippen LogP contribution in [0.15, 0.2) is 53.1 Å². The van der Waals surface area contributed by atoms with Crippen LogP contribution in [-0.4, -0.2) is 23.5 Å². The maximum absolute atomic E-state index is 12.9. The van der Waals surface area contributed by atoms with Crippen LogP contribution in [0.2, 0.25) is 0 Å². The number of primary amides is 1. The highest BCUT2D eigenvalue weighted by atomic mass is 79.9.